The van der Waals surface area contributed by atoms with Crippen molar-refractivity contribution in [2.45, 2.75) is 11.0 Å². The highest BCUT2D eigenvalue weighted by Crippen LogP contribution is 2.19. The SMILES string of the molecule is O=S(=O)(c1ccc(F)cc1)N1CCOCC(Oc2cccnc2)C1. The topological polar surface area (TPSA) is 68.7 Å². The van der Waals surface area contributed by atoms with Crippen molar-refractivity contribution in [2.75, 3.05) is 26.3 Å². The Morgan fingerprint density at radius 2 is 2.04 bits per heavy atom. The quantitative estimate of drug-likeness (QED) is 0.838. The summed E-state index contributed by atoms with van der Waals surface area (Å²) in [5.74, 6) is 0.0677. The van der Waals surface area contributed by atoms with Crippen molar-refractivity contribution in [1.29, 1.82) is 0 Å². The van der Waals surface area contributed by atoms with Crippen molar-refractivity contribution >= 4 is 10.0 Å². The normalized spacial score (nSPS) is 19.6. The first kappa shape index (κ1) is 16.8. The number of hydrogen-bond donors (Lipinski definition) is 0. The zero-order chi connectivity index (χ0) is 17.0. The number of aromatic nitrogens is 1. The molecule has 0 spiro atoms. The van der Waals surface area contributed by atoms with Crippen molar-refractivity contribution in [3.8, 4) is 5.75 Å². The molecule has 1 aromatic carbocycles. The van der Waals surface area contributed by atoms with Crippen LogP contribution in [0.1, 0.15) is 0 Å². The number of rotatable bonds is 4. The average molecular weight is 352 g/mol. The molecular formula is C16H17FN2O4S. The number of pyridine rings is 1. The molecule has 0 bridgehead atoms. The maximum absolute atomic E-state index is 13.0. The van der Waals surface area contributed by atoms with Crippen LogP contribution in [0.5, 0.6) is 5.75 Å². The number of hydrogen-bond acceptors (Lipinski definition) is 5. The fraction of sp³-hybridized carbons (Fsp3) is 0.312. The predicted octanol–water partition coefficient (Wildman–Crippen LogP) is 1.69. The molecule has 1 fully saturated rings. The minimum Gasteiger partial charge on any atom is -0.485 e. The number of halogens is 1. The number of ether oxygens (including phenoxy) is 2. The van der Waals surface area contributed by atoms with Gasteiger partial charge in [-0.2, -0.15) is 4.31 Å². The van der Waals surface area contributed by atoms with Gasteiger partial charge in [-0.15, -0.1) is 0 Å². The van der Waals surface area contributed by atoms with E-state index < -0.39 is 21.9 Å². The summed E-state index contributed by atoms with van der Waals surface area (Å²) in [4.78, 5) is 4.01. The Kier molecular flexibility index (Phi) is 5.08. The van der Waals surface area contributed by atoms with Crippen LogP contribution >= 0.6 is 0 Å². The van der Waals surface area contributed by atoms with Crippen LogP contribution < -0.4 is 4.74 Å². The highest BCUT2D eigenvalue weighted by molar-refractivity contribution is 7.89. The smallest absolute Gasteiger partial charge is 0.243 e. The minimum atomic E-state index is -3.74. The summed E-state index contributed by atoms with van der Waals surface area (Å²) >= 11 is 0. The third-order valence-electron chi connectivity index (χ3n) is 3.58. The first-order valence-corrected chi connectivity index (χ1v) is 8.90. The lowest BCUT2D eigenvalue weighted by atomic mass is 10.3. The lowest BCUT2D eigenvalue weighted by Gasteiger charge is -2.23. The fourth-order valence-corrected chi connectivity index (χ4v) is 3.86. The van der Waals surface area contributed by atoms with Crippen LogP contribution in [-0.2, 0) is 14.8 Å². The Hall–Kier alpha value is -2.03. The summed E-state index contributed by atoms with van der Waals surface area (Å²) in [5, 5.41) is 0. The molecule has 0 saturated carbocycles. The Labute approximate surface area is 139 Å². The van der Waals surface area contributed by atoms with Gasteiger partial charge in [-0.25, -0.2) is 12.8 Å². The summed E-state index contributed by atoms with van der Waals surface area (Å²) in [6.07, 6.45) is 2.73. The van der Waals surface area contributed by atoms with Gasteiger partial charge >= 0.3 is 0 Å². The summed E-state index contributed by atoms with van der Waals surface area (Å²) in [5.41, 5.74) is 0. The molecule has 2 aromatic rings. The van der Waals surface area contributed by atoms with E-state index in [0.29, 0.717) is 5.75 Å². The van der Waals surface area contributed by atoms with Crippen molar-refractivity contribution in [3.63, 3.8) is 0 Å². The summed E-state index contributed by atoms with van der Waals surface area (Å²) in [6.45, 7) is 0.916. The highest BCUT2D eigenvalue weighted by Gasteiger charge is 2.30. The Morgan fingerprint density at radius 3 is 2.75 bits per heavy atom. The van der Waals surface area contributed by atoms with Crippen molar-refractivity contribution in [3.05, 3.63) is 54.6 Å². The molecule has 8 heteroatoms. The van der Waals surface area contributed by atoms with E-state index in [9.17, 15) is 12.8 Å². The van der Waals surface area contributed by atoms with Gasteiger partial charge in [-0.1, -0.05) is 0 Å². The average Bonchev–Trinajstić information content (AvgIpc) is 2.82. The van der Waals surface area contributed by atoms with Crippen molar-refractivity contribution in [2.24, 2.45) is 0 Å². The minimum absolute atomic E-state index is 0.0472. The van der Waals surface area contributed by atoms with E-state index in [4.69, 9.17) is 9.47 Å². The molecule has 0 N–H and O–H groups in total. The van der Waals surface area contributed by atoms with E-state index in [1.54, 1.807) is 24.5 Å². The number of nitrogens with zero attached hydrogens (tertiary/aromatic N) is 2. The van der Waals surface area contributed by atoms with Crippen LogP contribution in [0.15, 0.2) is 53.7 Å². The van der Waals surface area contributed by atoms with E-state index >= 15 is 0 Å². The largest absolute Gasteiger partial charge is 0.485 e. The molecule has 0 radical (unpaired) electrons. The lowest BCUT2D eigenvalue weighted by Crippen LogP contribution is -2.39. The van der Waals surface area contributed by atoms with Gasteiger partial charge in [0, 0.05) is 12.7 Å². The van der Waals surface area contributed by atoms with Crippen molar-refractivity contribution < 1.29 is 22.3 Å². The zero-order valence-electron chi connectivity index (χ0n) is 12.8. The molecule has 6 nitrogen and oxygen atoms in total. The molecular weight excluding hydrogens is 335 g/mol. The molecule has 3 rings (SSSR count). The predicted molar refractivity (Wildman–Crippen MR) is 84.6 cm³/mol. The van der Waals surface area contributed by atoms with E-state index in [1.807, 2.05) is 0 Å². The standard InChI is InChI=1S/C16H17FN2O4S/c17-13-3-5-16(6-4-13)24(20,21)19-8-9-22-12-15(11-19)23-14-2-1-7-18-10-14/h1-7,10,15H,8-9,11-12H2. The number of benzene rings is 1. The van der Waals surface area contributed by atoms with E-state index in [2.05, 4.69) is 4.98 Å². The van der Waals surface area contributed by atoms with Crippen LogP contribution in [0, 0.1) is 5.82 Å². The van der Waals surface area contributed by atoms with Gasteiger partial charge in [-0.3, -0.25) is 4.98 Å². The second-order valence-electron chi connectivity index (χ2n) is 5.32. The van der Waals surface area contributed by atoms with Gasteiger partial charge < -0.3 is 9.47 Å². The molecule has 1 unspecified atom stereocenters. The molecule has 1 aliphatic heterocycles. The van der Waals surface area contributed by atoms with Gasteiger partial charge in [-0.05, 0) is 36.4 Å². The van der Waals surface area contributed by atoms with Crippen LogP contribution in [0.25, 0.3) is 0 Å². The first-order valence-electron chi connectivity index (χ1n) is 7.46. The molecule has 1 aromatic heterocycles. The molecule has 2 heterocycles. The van der Waals surface area contributed by atoms with Gasteiger partial charge in [0.05, 0.1) is 30.9 Å². The molecule has 24 heavy (non-hydrogen) atoms. The van der Waals surface area contributed by atoms with E-state index in [1.165, 1.54) is 16.4 Å². The molecule has 1 aliphatic rings. The van der Waals surface area contributed by atoms with Crippen LogP contribution in [0.4, 0.5) is 4.39 Å². The third kappa shape index (κ3) is 3.89. The molecule has 1 saturated heterocycles. The molecule has 1 atom stereocenters. The monoisotopic (exact) mass is 352 g/mol. The van der Waals surface area contributed by atoms with E-state index in [0.717, 1.165) is 12.1 Å². The van der Waals surface area contributed by atoms with Gasteiger partial charge in [0.15, 0.2) is 0 Å². The van der Waals surface area contributed by atoms with Crippen LogP contribution in [0.3, 0.4) is 0 Å². The van der Waals surface area contributed by atoms with Crippen molar-refractivity contribution in [1.82, 2.24) is 9.29 Å². The second kappa shape index (κ2) is 7.25. The third-order valence-corrected chi connectivity index (χ3v) is 5.46. The summed E-state index contributed by atoms with van der Waals surface area (Å²) in [6, 6.07) is 8.26. The Bertz CT molecular complexity index is 768. The summed E-state index contributed by atoms with van der Waals surface area (Å²) < 4.78 is 51.0. The fourth-order valence-electron chi connectivity index (χ4n) is 2.41. The Balaban J connectivity index is 1.78. The zero-order valence-corrected chi connectivity index (χ0v) is 13.7. The number of sulfonamides is 1. The second-order valence-corrected chi connectivity index (χ2v) is 7.26. The Morgan fingerprint density at radius 1 is 1.25 bits per heavy atom. The lowest BCUT2D eigenvalue weighted by molar-refractivity contribution is 0.0721. The maximum atomic E-state index is 13.0. The molecule has 0 aliphatic carbocycles. The molecule has 0 amide bonds. The molecule has 128 valence electrons. The van der Waals surface area contributed by atoms with Gasteiger partial charge in [0.25, 0.3) is 0 Å². The summed E-state index contributed by atoms with van der Waals surface area (Å²) in [7, 11) is -3.74. The first-order chi connectivity index (χ1) is 11.6. The van der Waals surface area contributed by atoms with Gasteiger partial charge in [0.1, 0.15) is 17.7 Å². The highest BCUT2D eigenvalue weighted by atomic mass is 32.2. The maximum Gasteiger partial charge on any atom is 0.243 e. The van der Waals surface area contributed by atoms with E-state index in [-0.39, 0.29) is 31.2 Å². The van der Waals surface area contributed by atoms with Gasteiger partial charge in [0.2, 0.25) is 10.0 Å². The van der Waals surface area contributed by atoms with Crippen LogP contribution in [0.2, 0.25) is 0 Å². The van der Waals surface area contributed by atoms with Crippen LogP contribution in [-0.4, -0.2) is 50.1 Å².